The van der Waals surface area contributed by atoms with Crippen molar-refractivity contribution in [3.63, 3.8) is 0 Å². The Morgan fingerprint density at radius 3 is 2.40 bits per heavy atom. The molecule has 1 aliphatic rings. The molecule has 1 aromatic carbocycles. The normalized spacial score (nSPS) is 14.7. The lowest BCUT2D eigenvalue weighted by Crippen LogP contribution is -2.47. The molecule has 5 nitrogen and oxygen atoms in total. The number of rotatable bonds is 3. The fraction of sp³-hybridized carbons (Fsp3) is 0.421. The number of anilines is 2. The van der Waals surface area contributed by atoms with Crippen molar-refractivity contribution in [2.45, 2.75) is 26.7 Å². The van der Waals surface area contributed by atoms with Crippen LogP contribution < -0.4 is 9.80 Å². The molecule has 0 amide bonds. The first-order valence-electron chi connectivity index (χ1n) is 8.53. The molecule has 130 valence electrons. The van der Waals surface area contributed by atoms with Crippen molar-refractivity contribution < 1.29 is 0 Å². The maximum absolute atomic E-state index is 9.35. The third-order valence-corrected chi connectivity index (χ3v) is 4.63. The predicted molar refractivity (Wildman–Crippen MR) is 101 cm³/mol. The number of hydrogen-bond acceptors (Lipinski definition) is 5. The molecule has 25 heavy (non-hydrogen) atoms. The van der Waals surface area contributed by atoms with Gasteiger partial charge < -0.3 is 9.80 Å². The smallest absolute Gasteiger partial charge is 0.133 e. The summed E-state index contributed by atoms with van der Waals surface area (Å²) in [4.78, 5) is 13.8. The molecular formula is C19H22ClN5. The average Bonchev–Trinajstić information content (AvgIpc) is 2.61. The van der Waals surface area contributed by atoms with Crippen LogP contribution in [0.3, 0.4) is 0 Å². The van der Waals surface area contributed by atoms with Gasteiger partial charge in [-0.3, -0.25) is 0 Å². The van der Waals surface area contributed by atoms with Gasteiger partial charge in [-0.1, -0.05) is 25.4 Å². The lowest BCUT2D eigenvalue weighted by Gasteiger charge is -2.37. The van der Waals surface area contributed by atoms with Gasteiger partial charge in [-0.05, 0) is 25.1 Å². The van der Waals surface area contributed by atoms with Gasteiger partial charge in [-0.25, -0.2) is 9.97 Å². The second kappa shape index (κ2) is 7.28. The van der Waals surface area contributed by atoms with Crippen molar-refractivity contribution in [2.75, 3.05) is 36.0 Å². The largest absolute Gasteiger partial charge is 0.367 e. The molecule has 1 saturated heterocycles. The number of piperazine rings is 1. The van der Waals surface area contributed by atoms with E-state index in [0.29, 0.717) is 16.5 Å². The molecule has 6 heteroatoms. The number of nitriles is 1. The summed E-state index contributed by atoms with van der Waals surface area (Å²) in [5.74, 6) is 2.20. The molecule has 3 rings (SSSR count). The monoisotopic (exact) mass is 355 g/mol. The highest BCUT2D eigenvalue weighted by Gasteiger charge is 2.21. The van der Waals surface area contributed by atoms with E-state index in [1.54, 1.807) is 6.07 Å². The molecule has 0 bridgehead atoms. The van der Waals surface area contributed by atoms with E-state index >= 15 is 0 Å². The number of nitrogens with zero attached hydrogens (tertiary/aromatic N) is 5. The quantitative estimate of drug-likeness (QED) is 0.839. The third-order valence-electron chi connectivity index (χ3n) is 4.40. The highest BCUT2D eigenvalue weighted by atomic mass is 35.5. The Hall–Kier alpha value is -2.32. The molecule has 0 aliphatic carbocycles. The fourth-order valence-electron chi connectivity index (χ4n) is 3.04. The highest BCUT2D eigenvalue weighted by Crippen LogP contribution is 2.26. The van der Waals surface area contributed by atoms with Crippen LogP contribution >= 0.6 is 11.6 Å². The second-order valence-electron chi connectivity index (χ2n) is 6.63. The second-order valence-corrected chi connectivity index (χ2v) is 7.06. The SMILES string of the molecule is Cc1cc(N2CCN(c3ccc(Cl)cc3C#N)CC2)nc(C(C)C)n1. The van der Waals surface area contributed by atoms with Gasteiger partial charge in [-0.2, -0.15) is 5.26 Å². The van der Waals surface area contributed by atoms with E-state index in [1.165, 1.54) is 0 Å². The van der Waals surface area contributed by atoms with E-state index in [0.717, 1.165) is 49.2 Å². The van der Waals surface area contributed by atoms with Gasteiger partial charge in [0.05, 0.1) is 11.3 Å². The van der Waals surface area contributed by atoms with E-state index in [9.17, 15) is 5.26 Å². The maximum Gasteiger partial charge on any atom is 0.133 e. The van der Waals surface area contributed by atoms with Gasteiger partial charge in [0.25, 0.3) is 0 Å². The average molecular weight is 356 g/mol. The molecule has 2 heterocycles. The zero-order chi connectivity index (χ0) is 18.0. The van der Waals surface area contributed by atoms with Gasteiger partial charge in [0.15, 0.2) is 0 Å². The lowest BCUT2D eigenvalue weighted by molar-refractivity contribution is 0.640. The van der Waals surface area contributed by atoms with E-state index in [2.05, 4.69) is 34.7 Å². The summed E-state index contributed by atoms with van der Waals surface area (Å²) in [7, 11) is 0. The highest BCUT2D eigenvalue weighted by molar-refractivity contribution is 6.30. The molecular weight excluding hydrogens is 334 g/mol. The summed E-state index contributed by atoms with van der Waals surface area (Å²) in [5.41, 5.74) is 2.58. The number of hydrogen-bond donors (Lipinski definition) is 0. The number of aryl methyl sites for hydroxylation is 1. The van der Waals surface area contributed by atoms with Crippen LogP contribution in [0.1, 0.15) is 36.8 Å². The van der Waals surface area contributed by atoms with E-state index in [1.807, 2.05) is 25.1 Å². The number of benzene rings is 1. The van der Waals surface area contributed by atoms with Gasteiger partial charge in [0.1, 0.15) is 17.7 Å². The summed E-state index contributed by atoms with van der Waals surface area (Å²) in [6.45, 7) is 9.65. The van der Waals surface area contributed by atoms with Crippen LogP contribution in [0.15, 0.2) is 24.3 Å². The van der Waals surface area contributed by atoms with Crippen molar-refractivity contribution in [1.82, 2.24) is 9.97 Å². The lowest BCUT2D eigenvalue weighted by atomic mass is 10.1. The summed E-state index contributed by atoms with van der Waals surface area (Å²) in [6.07, 6.45) is 0. The Balaban J connectivity index is 1.76. The molecule has 0 atom stereocenters. The molecule has 1 fully saturated rings. The Morgan fingerprint density at radius 2 is 1.76 bits per heavy atom. The van der Waals surface area contributed by atoms with Gasteiger partial charge in [0.2, 0.25) is 0 Å². The Morgan fingerprint density at radius 1 is 1.08 bits per heavy atom. The number of aromatic nitrogens is 2. The summed E-state index contributed by atoms with van der Waals surface area (Å²) >= 11 is 6.00. The van der Waals surface area contributed by atoms with Crippen molar-refractivity contribution in [2.24, 2.45) is 0 Å². The fourth-order valence-corrected chi connectivity index (χ4v) is 3.22. The van der Waals surface area contributed by atoms with Crippen LogP contribution in [0, 0.1) is 18.3 Å². The third kappa shape index (κ3) is 3.85. The molecule has 1 aliphatic heterocycles. The zero-order valence-electron chi connectivity index (χ0n) is 14.8. The molecule has 0 saturated carbocycles. The van der Waals surface area contributed by atoms with Crippen LogP contribution in [0.4, 0.5) is 11.5 Å². The van der Waals surface area contributed by atoms with Gasteiger partial charge in [-0.15, -0.1) is 0 Å². The van der Waals surface area contributed by atoms with Crippen LogP contribution in [-0.4, -0.2) is 36.1 Å². The van der Waals surface area contributed by atoms with E-state index in [-0.39, 0.29) is 0 Å². The minimum absolute atomic E-state index is 0.312. The van der Waals surface area contributed by atoms with Crippen molar-refractivity contribution >= 4 is 23.1 Å². The van der Waals surface area contributed by atoms with Crippen LogP contribution in [0.2, 0.25) is 5.02 Å². The first kappa shape index (κ1) is 17.5. The van der Waals surface area contributed by atoms with E-state index in [4.69, 9.17) is 16.6 Å². The van der Waals surface area contributed by atoms with Crippen LogP contribution in [0.5, 0.6) is 0 Å². The first-order valence-corrected chi connectivity index (χ1v) is 8.91. The molecule has 0 spiro atoms. The topological polar surface area (TPSA) is 56.0 Å². The van der Waals surface area contributed by atoms with Gasteiger partial charge >= 0.3 is 0 Å². The molecule has 0 unspecified atom stereocenters. The Bertz CT molecular complexity index is 804. The van der Waals surface area contributed by atoms with Crippen molar-refractivity contribution in [3.8, 4) is 6.07 Å². The predicted octanol–water partition coefficient (Wildman–Crippen LogP) is 3.76. The van der Waals surface area contributed by atoms with Crippen LogP contribution in [-0.2, 0) is 0 Å². The molecule has 2 aromatic rings. The minimum atomic E-state index is 0.312. The van der Waals surface area contributed by atoms with Crippen LogP contribution in [0.25, 0.3) is 0 Å². The van der Waals surface area contributed by atoms with Gasteiger partial charge in [0, 0.05) is 48.9 Å². The summed E-state index contributed by atoms with van der Waals surface area (Å²) in [6, 6.07) is 9.79. The molecule has 1 aromatic heterocycles. The Kier molecular flexibility index (Phi) is 5.10. The van der Waals surface area contributed by atoms with E-state index < -0.39 is 0 Å². The zero-order valence-corrected chi connectivity index (χ0v) is 15.6. The number of halogens is 1. The first-order chi connectivity index (χ1) is 12.0. The Labute approximate surface area is 153 Å². The molecule has 0 N–H and O–H groups in total. The maximum atomic E-state index is 9.35. The summed E-state index contributed by atoms with van der Waals surface area (Å²) in [5, 5.41) is 9.95. The standard InChI is InChI=1S/C19H22ClN5/c1-13(2)19-22-14(3)10-18(23-19)25-8-6-24(7-9-25)17-5-4-16(20)11-15(17)12-21/h4-5,10-11,13H,6-9H2,1-3H3. The van der Waals surface area contributed by atoms with Crippen molar-refractivity contribution in [1.29, 1.82) is 5.26 Å². The minimum Gasteiger partial charge on any atom is -0.367 e. The summed E-state index contributed by atoms with van der Waals surface area (Å²) < 4.78 is 0. The van der Waals surface area contributed by atoms with Crippen molar-refractivity contribution in [3.05, 3.63) is 46.4 Å². The molecule has 0 radical (unpaired) electrons.